The van der Waals surface area contributed by atoms with Crippen LogP contribution in [0, 0.1) is 6.92 Å². The third-order valence-electron chi connectivity index (χ3n) is 5.55. The average Bonchev–Trinajstić information content (AvgIpc) is 3.13. The molecule has 4 nitrogen and oxygen atoms in total. The highest BCUT2D eigenvalue weighted by Gasteiger charge is 2.17. The summed E-state index contributed by atoms with van der Waals surface area (Å²) in [6.45, 7) is 1.84. The molecule has 0 aliphatic heterocycles. The minimum absolute atomic E-state index is 0.0677. The number of hydrogen-bond acceptors (Lipinski definition) is 3. The highest BCUT2D eigenvalue weighted by Crippen LogP contribution is 2.33. The van der Waals surface area contributed by atoms with Crippen molar-refractivity contribution < 1.29 is 12.6 Å². The number of para-hydroxylation sites is 2. The quantitative estimate of drug-likeness (QED) is 0.248. The Hall–Kier alpha value is -2.93. The minimum atomic E-state index is -3.86. The van der Waals surface area contributed by atoms with Crippen LogP contribution in [-0.4, -0.2) is 13.0 Å². The average molecular weight is 506 g/mol. The first-order valence-corrected chi connectivity index (χ1v) is 12.4. The fraction of sp³-hybridized carbons (Fsp3) is 0.0769. The number of benzene rings is 4. The van der Waals surface area contributed by atoms with Gasteiger partial charge in [0.25, 0.3) is 10.1 Å². The Morgan fingerprint density at radius 3 is 2.03 bits per heavy atom. The first-order valence-electron chi connectivity index (χ1n) is 10.2. The van der Waals surface area contributed by atoms with Gasteiger partial charge < -0.3 is 4.57 Å². The molecular formula is C26H20BrNO3S. The fourth-order valence-electron chi connectivity index (χ4n) is 3.93. The summed E-state index contributed by atoms with van der Waals surface area (Å²) in [7, 11) is -3.86. The van der Waals surface area contributed by atoms with E-state index in [-0.39, 0.29) is 11.5 Å². The van der Waals surface area contributed by atoms with Gasteiger partial charge in [-0.05, 0) is 55.0 Å². The Kier molecular flexibility index (Phi) is 5.37. The molecule has 0 N–H and O–H groups in total. The van der Waals surface area contributed by atoms with Gasteiger partial charge in [0.1, 0.15) is 0 Å². The fourth-order valence-corrected chi connectivity index (χ4v) is 5.17. The number of rotatable bonds is 5. The molecule has 5 aromatic rings. The van der Waals surface area contributed by atoms with E-state index in [0.29, 0.717) is 0 Å². The molecule has 5 rings (SSSR count). The van der Waals surface area contributed by atoms with Gasteiger partial charge in [0, 0.05) is 20.9 Å². The maximum atomic E-state index is 12.6. The lowest BCUT2D eigenvalue weighted by Crippen LogP contribution is -2.07. The van der Waals surface area contributed by atoms with E-state index in [1.54, 1.807) is 24.3 Å². The maximum Gasteiger partial charge on any atom is 0.297 e. The highest BCUT2D eigenvalue weighted by molar-refractivity contribution is 9.10. The van der Waals surface area contributed by atoms with E-state index in [0.717, 1.165) is 32.3 Å². The summed E-state index contributed by atoms with van der Waals surface area (Å²) >= 11 is 3.54. The summed E-state index contributed by atoms with van der Waals surface area (Å²) in [5, 5.41) is 2.34. The molecule has 160 valence electrons. The van der Waals surface area contributed by atoms with Crippen LogP contribution in [0.25, 0.3) is 27.5 Å². The lowest BCUT2D eigenvalue weighted by Gasteiger charge is -2.12. The second-order valence-corrected chi connectivity index (χ2v) is 10.1. The predicted octanol–water partition coefficient (Wildman–Crippen LogP) is 6.76. The summed E-state index contributed by atoms with van der Waals surface area (Å²) in [4.78, 5) is 0.151. The molecule has 0 bridgehead atoms. The molecule has 0 amide bonds. The van der Waals surface area contributed by atoms with Gasteiger partial charge in [-0.1, -0.05) is 70.0 Å². The van der Waals surface area contributed by atoms with Gasteiger partial charge in [0.2, 0.25) is 0 Å². The first-order chi connectivity index (χ1) is 15.4. The molecule has 0 atom stereocenters. The summed E-state index contributed by atoms with van der Waals surface area (Å²) in [5.41, 5.74) is 4.87. The van der Waals surface area contributed by atoms with Crippen LogP contribution >= 0.6 is 15.9 Å². The second-order valence-electron chi connectivity index (χ2n) is 7.67. The molecule has 32 heavy (non-hydrogen) atoms. The minimum Gasteiger partial charge on any atom is -0.309 e. The van der Waals surface area contributed by atoms with Gasteiger partial charge in [-0.25, -0.2) is 0 Å². The number of nitrogens with zero attached hydrogens (tertiary/aromatic N) is 1. The second kappa shape index (κ2) is 8.20. The molecule has 0 aliphatic rings. The zero-order valence-corrected chi connectivity index (χ0v) is 19.7. The summed E-state index contributed by atoms with van der Waals surface area (Å²) < 4.78 is 33.7. The Morgan fingerprint density at radius 1 is 0.812 bits per heavy atom. The molecule has 0 unspecified atom stereocenters. The van der Waals surface area contributed by atoms with Gasteiger partial charge in [0.05, 0.1) is 22.5 Å². The molecule has 0 saturated heterocycles. The number of fused-ring (bicyclic) bond motifs is 3. The van der Waals surface area contributed by atoms with Crippen LogP contribution in [0.2, 0.25) is 0 Å². The Labute approximate surface area is 195 Å². The molecule has 1 heterocycles. The molecule has 0 radical (unpaired) electrons. The summed E-state index contributed by atoms with van der Waals surface area (Å²) in [6, 6.07) is 29.1. The normalized spacial score (nSPS) is 11.9. The third kappa shape index (κ3) is 3.75. The molecule has 0 saturated carbocycles. The van der Waals surface area contributed by atoms with Crippen molar-refractivity contribution in [2.45, 2.75) is 18.4 Å². The summed E-state index contributed by atoms with van der Waals surface area (Å²) in [6.07, 6.45) is 0. The van der Waals surface area contributed by atoms with E-state index in [9.17, 15) is 8.42 Å². The Bertz CT molecular complexity index is 1500. The largest absolute Gasteiger partial charge is 0.309 e. The maximum absolute atomic E-state index is 12.6. The van der Waals surface area contributed by atoms with Crippen LogP contribution in [0.5, 0.6) is 0 Å². The van der Waals surface area contributed by atoms with Crippen molar-refractivity contribution in [1.29, 1.82) is 0 Å². The van der Waals surface area contributed by atoms with Crippen LogP contribution in [0.3, 0.4) is 0 Å². The van der Waals surface area contributed by atoms with Crippen molar-refractivity contribution in [3.05, 3.63) is 107 Å². The molecule has 1 aromatic heterocycles. The van der Waals surface area contributed by atoms with E-state index in [1.807, 2.05) is 49.4 Å². The molecule has 4 aromatic carbocycles. The van der Waals surface area contributed by atoms with E-state index < -0.39 is 10.1 Å². The number of halogens is 1. The van der Waals surface area contributed by atoms with Gasteiger partial charge in [-0.2, -0.15) is 8.42 Å². The van der Waals surface area contributed by atoms with Crippen LogP contribution in [0.1, 0.15) is 11.1 Å². The Morgan fingerprint density at radius 2 is 1.41 bits per heavy atom. The van der Waals surface area contributed by atoms with E-state index in [2.05, 4.69) is 44.8 Å². The van der Waals surface area contributed by atoms with Crippen molar-refractivity contribution >= 4 is 47.9 Å². The van der Waals surface area contributed by atoms with Crippen molar-refractivity contribution in [3.8, 4) is 5.69 Å². The SMILES string of the molecule is Cc1ccc(S(=O)(=O)OCc2cc(-n3c4ccccc4c4ccccc43)ccc2Br)cc1. The van der Waals surface area contributed by atoms with Gasteiger partial charge >= 0.3 is 0 Å². The molecule has 0 fully saturated rings. The number of aryl methyl sites for hydroxylation is 1. The van der Waals surface area contributed by atoms with Crippen molar-refractivity contribution in [3.63, 3.8) is 0 Å². The zero-order chi connectivity index (χ0) is 22.3. The highest BCUT2D eigenvalue weighted by atomic mass is 79.9. The lowest BCUT2D eigenvalue weighted by molar-refractivity contribution is 0.307. The van der Waals surface area contributed by atoms with E-state index in [4.69, 9.17) is 4.18 Å². The molecular weight excluding hydrogens is 486 g/mol. The predicted molar refractivity (Wildman–Crippen MR) is 132 cm³/mol. The first kappa shape index (κ1) is 20.9. The third-order valence-corrected chi connectivity index (χ3v) is 7.60. The van der Waals surface area contributed by atoms with Crippen LogP contribution in [-0.2, 0) is 20.9 Å². The monoisotopic (exact) mass is 505 g/mol. The standard InChI is InChI=1S/C26H20BrNO3S/c1-18-10-13-21(14-11-18)32(29,30)31-17-19-16-20(12-15-24(19)27)28-25-8-4-2-6-22(25)23-7-3-5-9-26(23)28/h2-16H,17H2,1H3. The summed E-state index contributed by atoms with van der Waals surface area (Å²) in [5.74, 6) is 0. The van der Waals surface area contributed by atoms with Crippen molar-refractivity contribution in [2.75, 3.05) is 0 Å². The number of aromatic nitrogens is 1. The zero-order valence-electron chi connectivity index (χ0n) is 17.3. The smallest absolute Gasteiger partial charge is 0.297 e. The van der Waals surface area contributed by atoms with E-state index in [1.165, 1.54) is 10.8 Å². The van der Waals surface area contributed by atoms with Gasteiger partial charge in [0.15, 0.2) is 0 Å². The lowest BCUT2D eigenvalue weighted by atomic mass is 10.2. The molecule has 6 heteroatoms. The Balaban J connectivity index is 1.54. The number of hydrogen-bond donors (Lipinski definition) is 0. The van der Waals surface area contributed by atoms with Crippen LogP contribution in [0.4, 0.5) is 0 Å². The topological polar surface area (TPSA) is 48.3 Å². The molecule has 0 aliphatic carbocycles. The van der Waals surface area contributed by atoms with Crippen molar-refractivity contribution in [1.82, 2.24) is 4.57 Å². The van der Waals surface area contributed by atoms with E-state index >= 15 is 0 Å². The van der Waals surface area contributed by atoms with Crippen molar-refractivity contribution in [2.24, 2.45) is 0 Å². The molecule has 0 spiro atoms. The van der Waals surface area contributed by atoms with Gasteiger partial charge in [-0.3, -0.25) is 4.18 Å². The van der Waals surface area contributed by atoms with Gasteiger partial charge in [-0.15, -0.1) is 0 Å². The van der Waals surface area contributed by atoms with Crippen LogP contribution in [0.15, 0.2) is 100 Å². The van der Waals surface area contributed by atoms with Crippen LogP contribution < -0.4 is 0 Å².